The summed E-state index contributed by atoms with van der Waals surface area (Å²) >= 11 is 1.46. The number of pyridine rings is 2. The lowest BCUT2D eigenvalue weighted by Crippen LogP contribution is -2.10. The molecule has 122 valence electrons. The molecule has 7 heteroatoms. The zero-order valence-corrected chi connectivity index (χ0v) is 13.9. The molecule has 0 aromatic carbocycles. The van der Waals surface area contributed by atoms with E-state index in [2.05, 4.69) is 25.3 Å². The van der Waals surface area contributed by atoms with Crippen LogP contribution in [0.3, 0.4) is 0 Å². The standard InChI is InChI=1S/C18H13N5OS/c24-16(13-4-2-7-20-11-13)15-17-14(5-8-25-17)22-18(23-15)21-10-12-3-1-6-19-9-12/h1-9,11H,10H2,(H,21,22,23). The van der Waals surface area contributed by atoms with E-state index < -0.39 is 0 Å². The molecule has 0 unspecified atom stereocenters. The molecule has 0 aliphatic rings. The number of thiophene rings is 1. The minimum absolute atomic E-state index is 0.160. The van der Waals surface area contributed by atoms with Crippen LogP contribution in [0.25, 0.3) is 10.2 Å². The smallest absolute Gasteiger partial charge is 0.224 e. The van der Waals surface area contributed by atoms with Crippen LogP contribution in [-0.4, -0.2) is 25.7 Å². The molecule has 4 aromatic heterocycles. The largest absolute Gasteiger partial charge is 0.350 e. The Morgan fingerprint density at radius 3 is 2.64 bits per heavy atom. The van der Waals surface area contributed by atoms with Gasteiger partial charge in [0.2, 0.25) is 11.7 Å². The van der Waals surface area contributed by atoms with Gasteiger partial charge in [0.05, 0.1) is 10.2 Å². The highest BCUT2D eigenvalue weighted by Crippen LogP contribution is 2.25. The summed E-state index contributed by atoms with van der Waals surface area (Å²) in [5.74, 6) is 0.259. The molecule has 4 heterocycles. The molecule has 6 nitrogen and oxygen atoms in total. The second-order valence-corrected chi connectivity index (χ2v) is 6.23. The maximum Gasteiger partial charge on any atom is 0.224 e. The van der Waals surface area contributed by atoms with Gasteiger partial charge in [0.15, 0.2) is 0 Å². The summed E-state index contributed by atoms with van der Waals surface area (Å²) < 4.78 is 0.779. The van der Waals surface area contributed by atoms with Crippen molar-refractivity contribution in [3.05, 3.63) is 77.3 Å². The van der Waals surface area contributed by atoms with Gasteiger partial charge in [0.25, 0.3) is 0 Å². The van der Waals surface area contributed by atoms with Crippen molar-refractivity contribution in [2.75, 3.05) is 5.32 Å². The number of fused-ring (bicyclic) bond motifs is 1. The Bertz CT molecular complexity index is 1020. The highest BCUT2D eigenvalue weighted by molar-refractivity contribution is 7.17. The van der Waals surface area contributed by atoms with Crippen molar-refractivity contribution < 1.29 is 4.79 Å². The number of hydrogen-bond acceptors (Lipinski definition) is 7. The van der Waals surface area contributed by atoms with Gasteiger partial charge in [0.1, 0.15) is 5.69 Å². The molecule has 25 heavy (non-hydrogen) atoms. The van der Waals surface area contributed by atoms with Gasteiger partial charge in [0, 0.05) is 36.9 Å². The Balaban J connectivity index is 1.69. The molecular weight excluding hydrogens is 334 g/mol. The lowest BCUT2D eigenvalue weighted by atomic mass is 10.1. The molecule has 4 rings (SSSR count). The van der Waals surface area contributed by atoms with Gasteiger partial charge in [-0.2, -0.15) is 0 Å². The average molecular weight is 347 g/mol. The molecule has 0 atom stereocenters. The third kappa shape index (κ3) is 3.22. The zero-order chi connectivity index (χ0) is 17.1. The maximum atomic E-state index is 12.8. The molecule has 0 aliphatic carbocycles. The summed E-state index contributed by atoms with van der Waals surface area (Å²) in [5, 5.41) is 5.07. The number of nitrogens with zero attached hydrogens (tertiary/aromatic N) is 4. The summed E-state index contributed by atoms with van der Waals surface area (Å²) in [7, 11) is 0. The zero-order valence-electron chi connectivity index (χ0n) is 13.1. The summed E-state index contributed by atoms with van der Waals surface area (Å²) in [5.41, 5.74) is 2.66. The van der Waals surface area contributed by atoms with E-state index in [0.717, 1.165) is 15.8 Å². The van der Waals surface area contributed by atoms with Crippen LogP contribution < -0.4 is 5.32 Å². The van der Waals surface area contributed by atoms with Crippen molar-refractivity contribution in [2.24, 2.45) is 0 Å². The van der Waals surface area contributed by atoms with Crippen LogP contribution in [-0.2, 0) is 6.54 Å². The van der Waals surface area contributed by atoms with Crippen LogP contribution >= 0.6 is 11.3 Å². The normalized spacial score (nSPS) is 10.7. The predicted octanol–water partition coefficient (Wildman–Crippen LogP) is 3.32. The second-order valence-electron chi connectivity index (χ2n) is 5.32. The Kier molecular flexibility index (Phi) is 4.14. The quantitative estimate of drug-likeness (QED) is 0.558. The number of ketones is 1. The Morgan fingerprint density at radius 2 is 1.88 bits per heavy atom. The molecule has 1 N–H and O–H groups in total. The van der Waals surface area contributed by atoms with Gasteiger partial charge in [-0.1, -0.05) is 6.07 Å². The monoisotopic (exact) mass is 347 g/mol. The Morgan fingerprint density at radius 1 is 1.04 bits per heavy atom. The molecule has 0 saturated heterocycles. The van der Waals surface area contributed by atoms with Gasteiger partial charge in [-0.25, -0.2) is 9.97 Å². The fourth-order valence-corrected chi connectivity index (χ4v) is 3.23. The molecular formula is C18H13N5OS. The van der Waals surface area contributed by atoms with Crippen LogP contribution in [0.1, 0.15) is 21.6 Å². The first-order valence-electron chi connectivity index (χ1n) is 7.64. The van der Waals surface area contributed by atoms with Crippen LogP contribution in [0.5, 0.6) is 0 Å². The number of anilines is 1. The van der Waals surface area contributed by atoms with Crippen molar-refractivity contribution in [3.63, 3.8) is 0 Å². The first-order chi connectivity index (χ1) is 12.3. The SMILES string of the molecule is O=C(c1cccnc1)c1nc(NCc2cccnc2)nc2ccsc12. The molecule has 0 spiro atoms. The van der Waals surface area contributed by atoms with Gasteiger partial charge in [-0.3, -0.25) is 14.8 Å². The third-order valence-electron chi connectivity index (χ3n) is 3.62. The molecule has 0 aliphatic heterocycles. The van der Waals surface area contributed by atoms with Gasteiger partial charge in [-0.05, 0) is 35.2 Å². The van der Waals surface area contributed by atoms with Crippen molar-refractivity contribution >= 4 is 33.3 Å². The van der Waals surface area contributed by atoms with Crippen LogP contribution in [0.4, 0.5) is 5.95 Å². The van der Waals surface area contributed by atoms with Gasteiger partial charge in [-0.15, -0.1) is 11.3 Å². The van der Waals surface area contributed by atoms with E-state index >= 15 is 0 Å². The van der Waals surface area contributed by atoms with E-state index in [1.54, 1.807) is 36.9 Å². The topological polar surface area (TPSA) is 80.7 Å². The first-order valence-corrected chi connectivity index (χ1v) is 8.52. The second kappa shape index (κ2) is 6.74. The van der Waals surface area contributed by atoms with E-state index in [1.807, 2.05) is 23.6 Å². The van der Waals surface area contributed by atoms with Crippen LogP contribution in [0, 0.1) is 0 Å². The molecule has 0 bridgehead atoms. The lowest BCUT2D eigenvalue weighted by molar-refractivity contribution is 0.103. The molecule has 4 aromatic rings. The average Bonchev–Trinajstić information content (AvgIpc) is 3.15. The Labute approximate surface area is 147 Å². The molecule has 0 radical (unpaired) electrons. The van der Waals surface area contributed by atoms with Crippen molar-refractivity contribution in [1.29, 1.82) is 0 Å². The maximum absolute atomic E-state index is 12.8. The van der Waals surface area contributed by atoms with Crippen LogP contribution in [0.15, 0.2) is 60.5 Å². The van der Waals surface area contributed by atoms with Gasteiger partial charge < -0.3 is 5.32 Å². The van der Waals surface area contributed by atoms with Crippen LogP contribution in [0.2, 0.25) is 0 Å². The van der Waals surface area contributed by atoms with Crippen molar-refractivity contribution in [1.82, 2.24) is 19.9 Å². The number of hydrogen-bond donors (Lipinski definition) is 1. The molecule has 0 amide bonds. The minimum atomic E-state index is -0.160. The molecule has 0 fully saturated rings. The van der Waals surface area contributed by atoms with E-state index in [9.17, 15) is 4.79 Å². The summed E-state index contributed by atoms with van der Waals surface area (Å²) in [6, 6.07) is 9.19. The van der Waals surface area contributed by atoms with E-state index in [4.69, 9.17) is 0 Å². The number of carbonyl (C=O) groups is 1. The number of carbonyl (C=O) groups excluding carboxylic acids is 1. The van der Waals surface area contributed by atoms with E-state index in [1.165, 1.54) is 11.3 Å². The summed E-state index contributed by atoms with van der Waals surface area (Å²) in [6.07, 6.45) is 6.69. The fourth-order valence-electron chi connectivity index (χ4n) is 2.41. The Hall–Kier alpha value is -3.19. The first kappa shape index (κ1) is 15.3. The lowest BCUT2D eigenvalue weighted by Gasteiger charge is -2.07. The highest BCUT2D eigenvalue weighted by Gasteiger charge is 2.18. The van der Waals surface area contributed by atoms with Crippen molar-refractivity contribution in [3.8, 4) is 0 Å². The third-order valence-corrected chi connectivity index (χ3v) is 4.53. The van der Waals surface area contributed by atoms with Gasteiger partial charge >= 0.3 is 0 Å². The predicted molar refractivity (Wildman–Crippen MR) is 96.6 cm³/mol. The number of aromatic nitrogens is 4. The van der Waals surface area contributed by atoms with E-state index in [-0.39, 0.29) is 5.78 Å². The summed E-state index contributed by atoms with van der Waals surface area (Å²) in [4.78, 5) is 29.9. The number of rotatable bonds is 5. The fraction of sp³-hybridized carbons (Fsp3) is 0.0556. The van der Waals surface area contributed by atoms with E-state index in [0.29, 0.717) is 23.8 Å². The summed E-state index contributed by atoms with van der Waals surface area (Å²) in [6.45, 7) is 0.532. The minimum Gasteiger partial charge on any atom is -0.350 e. The van der Waals surface area contributed by atoms with Crippen molar-refractivity contribution in [2.45, 2.75) is 6.54 Å². The number of nitrogens with one attached hydrogen (secondary N) is 1. The molecule has 0 saturated carbocycles. The highest BCUT2D eigenvalue weighted by atomic mass is 32.1.